The second kappa shape index (κ2) is 9.11. The minimum atomic E-state index is -0.811. The Bertz CT molecular complexity index is 695. The monoisotopic (exact) mass is 387 g/mol. The molecule has 0 amide bonds. The van der Waals surface area contributed by atoms with Crippen LogP contribution >= 0.6 is 34.8 Å². The van der Waals surface area contributed by atoms with E-state index in [-0.39, 0.29) is 17.4 Å². The van der Waals surface area contributed by atoms with Crippen LogP contribution in [-0.4, -0.2) is 23.7 Å². The van der Waals surface area contributed by atoms with Crippen molar-refractivity contribution in [2.24, 2.45) is 0 Å². The number of pyridine rings is 1. The lowest BCUT2D eigenvalue weighted by Gasteiger charge is -2.15. The van der Waals surface area contributed by atoms with Crippen molar-refractivity contribution >= 4 is 40.8 Å². The molecule has 2 aromatic rings. The summed E-state index contributed by atoms with van der Waals surface area (Å²) in [4.78, 5) is 16.2. The second-order valence-corrected chi connectivity index (χ2v) is 6.27. The maximum absolute atomic E-state index is 12.0. The fourth-order valence-electron chi connectivity index (χ4n) is 1.92. The van der Waals surface area contributed by atoms with Gasteiger partial charge >= 0.3 is 5.97 Å². The van der Waals surface area contributed by atoms with Gasteiger partial charge < -0.3 is 9.47 Å². The van der Waals surface area contributed by atoms with Gasteiger partial charge in [-0.25, -0.2) is 4.79 Å². The Labute approximate surface area is 155 Å². The normalized spacial score (nSPS) is 11.8. The lowest BCUT2D eigenvalue weighted by atomic mass is 10.2. The van der Waals surface area contributed by atoms with Gasteiger partial charge in [0.1, 0.15) is 5.75 Å². The standard InChI is InChI=1S/C17H16Cl3NO3/c1-11(24-16-10-14(19)13(18)9-15(16)20)17(22)23-8-4-6-12-5-2-3-7-21-12/h2-3,5,7,9-11H,4,6,8H2,1H3. The average Bonchev–Trinajstić information content (AvgIpc) is 2.57. The number of ether oxygens (including phenoxy) is 2. The van der Waals surface area contributed by atoms with Crippen LogP contribution in [0, 0.1) is 0 Å². The van der Waals surface area contributed by atoms with Crippen LogP contribution in [0.15, 0.2) is 36.5 Å². The van der Waals surface area contributed by atoms with E-state index in [1.165, 1.54) is 12.1 Å². The number of benzene rings is 1. The van der Waals surface area contributed by atoms with Gasteiger partial charge in [0.15, 0.2) is 6.10 Å². The second-order valence-electron chi connectivity index (χ2n) is 5.05. The molecule has 1 unspecified atom stereocenters. The highest BCUT2D eigenvalue weighted by Crippen LogP contribution is 2.34. The highest BCUT2D eigenvalue weighted by Gasteiger charge is 2.18. The zero-order chi connectivity index (χ0) is 17.5. The number of hydrogen-bond donors (Lipinski definition) is 0. The van der Waals surface area contributed by atoms with Gasteiger partial charge in [-0.2, -0.15) is 0 Å². The van der Waals surface area contributed by atoms with E-state index in [2.05, 4.69) is 4.98 Å². The van der Waals surface area contributed by atoms with Crippen LogP contribution in [0.1, 0.15) is 19.0 Å². The summed E-state index contributed by atoms with van der Waals surface area (Å²) in [6, 6.07) is 8.64. The molecule has 0 aliphatic heterocycles. The number of esters is 1. The molecule has 0 saturated carbocycles. The van der Waals surface area contributed by atoms with Crippen LogP contribution in [-0.2, 0) is 16.0 Å². The maximum Gasteiger partial charge on any atom is 0.347 e. The molecule has 0 fully saturated rings. The molecular weight excluding hydrogens is 373 g/mol. The lowest BCUT2D eigenvalue weighted by molar-refractivity contribution is -0.151. The van der Waals surface area contributed by atoms with Crippen molar-refractivity contribution in [1.29, 1.82) is 0 Å². The van der Waals surface area contributed by atoms with Crippen LogP contribution in [0.4, 0.5) is 0 Å². The third-order valence-corrected chi connectivity index (χ3v) is 4.18. The topological polar surface area (TPSA) is 48.4 Å². The van der Waals surface area contributed by atoms with Crippen LogP contribution in [0.2, 0.25) is 15.1 Å². The molecule has 0 saturated heterocycles. The molecule has 0 radical (unpaired) electrons. The number of aromatic nitrogens is 1. The molecule has 0 N–H and O–H groups in total. The van der Waals surface area contributed by atoms with E-state index in [1.807, 2.05) is 18.2 Å². The zero-order valence-corrected chi connectivity index (χ0v) is 15.2. The van der Waals surface area contributed by atoms with Gasteiger partial charge in [0.05, 0.1) is 21.7 Å². The number of halogens is 3. The fraction of sp³-hybridized carbons (Fsp3) is 0.294. The molecule has 1 aromatic heterocycles. The van der Waals surface area contributed by atoms with Gasteiger partial charge in [-0.3, -0.25) is 4.98 Å². The Morgan fingerprint density at radius 2 is 1.92 bits per heavy atom. The van der Waals surface area contributed by atoms with Gasteiger partial charge in [-0.1, -0.05) is 40.9 Å². The molecule has 2 rings (SSSR count). The van der Waals surface area contributed by atoms with Gasteiger partial charge in [0, 0.05) is 18.0 Å². The molecule has 0 spiro atoms. The van der Waals surface area contributed by atoms with Crippen LogP contribution in [0.5, 0.6) is 5.75 Å². The van der Waals surface area contributed by atoms with Gasteiger partial charge in [-0.05, 0) is 38.0 Å². The Kier molecular flexibility index (Phi) is 7.16. The SMILES string of the molecule is CC(Oc1cc(Cl)c(Cl)cc1Cl)C(=O)OCCCc1ccccn1. The first-order valence-corrected chi connectivity index (χ1v) is 8.48. The van der Waals surface area contributed by atoms with Crippen molar-refractivity contribution in [1.82, 2.24) is 4.98 Å². The first-order valence-electron chi connectivity index (χ1n) is 7.35. The maximum atomic E-state index is 12.0. The Morgan fingerprint density at radius 1 is 1.17 bits per heavy atom. The summed E-state index contributed by atoms with van der Waals surface area (Å²) in [5.74, 6) is -0.192. The third kappa shape index (κ3) is 5.55. The summed E-state index contributed by atoms with van der Waals surface area (Å²) >= 11 is 17.8. The summed E-state index contributed by atoms with van der Waals surface area (Å²) in [6.07, 6.45) is 2.35. The molecule has 24 heavy (non-hydrogen) atoms. The molecule has 1 aromatic carbocycles. The number of carbonyl (C=O) groups excluding carboxylic acids is 1. The molecule has 0 aliphatic carbocycles. The Morgan fingerprint density at radius 3 is 2.62 bits per heavy atom. The van der Waals surface area contributed by atoms with Crippen molar-refractivity contribution < 1.29 is 14.3 Å². The number of hydrogen-bond acceptors (Lipinski definition) is 4. The quantitative estimate of drug-likeness (QED) is 0.381. The highest BCUT2D eigenvalue weighted by molar-refractivity contribution is 6.43. The van der Waals surface area contributed by atoms with E-state index in [0.29, 0.717) is 16.5 Å². The molecule has 1 atom stereocenters. The average molecular weight is 389 g/mol. The number of carbonyl (C=O) groups is 1. The molecule has 1 heterocycles. The van der Waals surface area contributed by atoms with E-state index < -0.39 is 12.1 Å². The smallest absolute Gasteiger partial charge is 0.347 e. The molecule has 0 bridgehead atoms. The van der Waals surface area contributed by atoms with Crippen molar-refractivity contribution in [2.45, 2.75) is 25.9 Å². The van der Waals surface area contributed by atoms with E-state index in [4.69, 9.17) is 44.3 Å². The summed E-state index contributed by atoms with van der Waals surface area (Å²) in [6.45, 7) is 1.87. The van der Waals surface area contributed by atoms with Crippen molar-refractivity contribution in [2.75, 3.05) is 6.61 Å². The van der Waals surface area contributed by atoms with Crippen molar-refractivity contribution in [3.63, 3.8) is 0 Å². The molecular formula is C17H16Cl3NO3. The van der Waals surface area contributed by atoms with Gasteiger partial charge in [0.2, 0.25) is 0 Å². The first kappa shape index (κ1) is 18.8. The third-order valence-electron chi connectivity index (χ3n) is 3.16. The van der Waals surface area contributed by atoms with Gasteiger partial charge in [-0.15, -0.1) is 0 Å². The zero-order valence-electron chi connectivity index (χ0n) is 13.0. The Hall–Kier alpha value is -1.49. The minimum Gasteiger partial charge on any atom is -0.477 e. The molecule has 4 nitrogen and oxygen atoms in total. The molecule has 7 heteroatoms. The van der Waals surface area contributed by atoms with E-state index in [1.54, 1.807) is 13.1 Å². The fourth-order valence-corrected chi connectivity index (χ4v) is 2.50. The number of nitrogens with zero attached hydrogens (tertiary/aromatic N) is 1. The predicted octanol–water partition coefficient (Wildman–Crippen LogP) is 4.99. The predicted molar refractivity (Wildman–Crippen MR) is 95.1 cm³/mol. The summed E-state index contributed by atoms with van der Waals surface area (Å²) in [7, 11) is 0. The van der Waals surface area contributed by atoms with Crippen LogP contribution < -0.4 is 4.74 Å². The highest BCUT2D eigenvalue weighted by atomic mass is 35.5. The summed E-state index contributed by atoms with van der Waals surface area (Å²) in [5, 5.41) is 0.893. The lowest BCUT2D eigenvalue weighted by Crippen LogP contribution is -2.26. The Balaban J connectivity index is 1.79. The van der Waals surface area contributed by atoms with Crippen LogP contribution in [0.25, 0.3) is 0 Å². The van der Waals surface area contributed by atoms with Crippen LogP contribution in [0.3, 0.4) is 0 Å². The largest absolute Gasteiger partial charge is 0.477 e. The summed E-state index contributed by atoms with van der Waals surface area (Å²) in [5.41, 5.74) is 0.959. The van der Waals surface area contributed by atoms with E-state index in [0.717, 1.165) is 12.1 Å². The number of rotatable bonds is 7. The van der Waals surface area contributed by atoms with E-state index in [9.17, 15) is 4.79 Å². The van der Waals surface area contributed by atoms with E-state index >= 15 is 0 Å². The van der Waals surface area contributed by atoms with Crippen molar-refractivity contribution in [3.05, 3.63) is 57.3 Å². The first-order chi connectivity index (χ1) is 11.5. The summed E-state index contributed by atoms with van der Waals surface area (Å²) < 4.78 is 10.7. The number of aryl methyl sites for hydroxylation is 1. The van der Waals surface area contributed by atoms with Crippen molar-refractivity contribution in [3.8, 4) is 5.75 Å². The van der Waals surface area contributed by atoms with Gasteiger partial charge in [0.25, 0.3) is 0 Å². The molecule has 128 valence electrons. The minimum absolute atomic E-state index is 0.277. The molecule has 0 aliphatic rings.